The zero-order valence-electron chi connectivity index (χ0n) is 16.5. The van der Waals surface area contributed by atoms with E-state index in [1.807, 2.05) is 31.7 Å². The van der Waals surface area contributed by atoms with Gasteiger partial charge in [0, 0.05) is 37.9 Å². The van der Waals surface area contributed by atoms with E-state index in [-0.39, 0.29) is 24.0 Å². The Hall–Kier alpha value is -1.27. The SMILES string of the molecule is CCOCCCNC(=NCc1nnc(C)n1C)NCc1ncc(CC)s1.I. The molecule has 0 aliphatic carbocycles. The van der Waals surface area contributed by atoms with E-state index in [1.54, 1.807) is 11.3 Å². The van der Waals surface area contributed by atoms with E-state index in [9.17, 15) is 0 Å². The molecule has 0 unspecified atom stereocenters. The van der Waals surface area contributed by atoms with Crippen LogP contribution in [0.5, 0.6) is 0 Å². The lowest BCUT2D eigenvalue weighted by Crippen LogP contribution is -2.37. The van der Waals surface area contributed by atoms with Crippen LogP contribution in [-0.4, -0.2) is 45.5 Å². The first-order chi connectivity index (χ1) is 12.6. The van der Waals surface area contributed by atoms with Crippen molar-refractivity contribution in [3.8, 4) is 0 Å². The van der Waals surface area contributed by atoms with Gasteiger partial charge in [-0.1, -0.05) is 6.92 Å². The van der Waals surface area contributed by atoms with Gasteiger partial charge in [0.25, 0.3) is 0 Å². The van der Waals surface area contributed by atoms with Gasteiger partial charge in [-0.15, -0.1) is 45.5 Å². The molecule has 0 saturated carbocycles. The highest BCUT2D eigenvalue weighted by molar-refractivity contribution is 14.0. The van der Waals surface area contributed by atoms with Gasteiger partial charge >= 0.3 is 0 Å². The maximum atomic E-state index is 5.38. The summed E-state index contributed by atoms with van der Waals surface area (Å²) in [6.45, 7) is 9.47. The van der Waals surface area contributed by atoms with Gasteiger partial charge in [-0.05, 0) is 26.7 Å². The first kappa shape index (κ1) is 23.8. The molecule has 0 atom stereocenters. The topological polar surface area (TPSA) is 89.2 Å². The number of ether oxygens (including phenoxy) is 1. The van der Waals surface area contributed by atoms with Crippen molar-refractivity contribution in [3.63, 3.8) is 0 Å². The van der Waals surface area contributed by atoms with Crippen molar-refractivity contribution in [2.45, 2.75) is 46.7 Å². The molecule has 0 radical (unpaired) electrons. The number of hydrogen-bond donors (Lipinski definition) is 2. The van der Waals surface area contributed by atoms with Gasteiger partial charge in [0.05, 0.1) is 6.54 Å². The number of nitrogens with one attached hydrogen (secondary N) is 2. The van der Waals surface area contributed by atoms with Gasteiger partial charge in [0.1, 0.15) is 17.4 Å². The Balaban J connectivity index is 0.00000364. The van der Waals surface area contributed by atoms with Crippen LogP contribution in [-0.2, 0) is 31.3 Å². The predicted molar refractivity (Wildman–Crippen MR) is 120 cm³/mol. The lowest BCUT2D eigenvalue weighted by Gasteiger charge is -2.12. The second-order valence-electron chi connectivity index (χ2n) is 5.79. The van der Waals surface area contributed by atoms with Crippen molar-refractivity contribution in [2.24, 2.45) is 12.0 Å². The number of halogens is 1. The smallest absolute Gasteiger partial charge is 0.192 e. The van der Waals surface area contributed by atoms with Gasteiger partial charge in [-0.2, -0.15) is 0 Å². The third-order valence-electron chi connectivity index (χ3n) is 3.88. The molecule has 0 spiro atoms. The van der Waals surface area contributed by atoms with Crippen LogP contribution in [0.2, 0.25) is 0 Å². The van der Waals surface area contributed by atoms with Crippen molar-refractivity contribution in [3.05, 3.63) is 27.7 Å². The Kier molecular flexibility index (Phi) is 11.4. The molecule has 2 heterocycles. The van der Waals surface area contributed by atoms with Crippen molar-refractivity contribution in [1.29, 1.82) is 0 Å². The molecule has 2 N–H and O–H groups in total. The third-order valence-corrected chi connectivity index (χ3v) is 5.02. The zero-order valence-corrected chi connectivity index (χ0v) is 19.6. The van der Waals surface area contributed by atoms with Crippen LogP contribution in [0.1, 0.15) is 41.8 Å². The summed E-state index contributed by atoms with van der Waals surface area (Å²) in [6.07, 6.45) is 3.88. The summed E-state index contributed by atoms with van der Waals surface area (Å²) in [5.41, 5.74) is 0. The molecule has 27 heavy (non-hydrogen) atoms. The molecule has 2 aromatic heterocycles. The Labute approximate surface area is 182 Å². The lowest BCUT2D eigenvalue weighted by atomic mass is 10.4. The highest BCUT2D eigenvalue weighted by atomic mass is 127. The Morgan fingerprint density at radius 1 is 1.30 bits per heavy atom. The Morgan fingerprint density at radius 2 is 2.11 bits per heavy atom. The van der Waals surface area contributed by atoms with E-state index in [0.717, 1.165) is 55.2 Å². The summed E-state index contributed by atoms with van der Waals surface area (Å²) in [5, 5.41) is 16.0. The Bertz CT molecular complexity index is 701. The van der Waals surface area contributed by atoms with Gasteiger partial charge in [0.15, 0.2) is 11.8 Å². The molecule has 2 aromatic rings. The van der Waals surface area contributed by atoms with Gasteiger partial charge in [-0.3, -0.25) is 0 Å². The number of aliphatic imine (C=N–C) groups is 1. The fourth-order valence-corrected chi connectivity index (χ4v) is 2.99. The van der Waals surface area contributed by atoms with Crippen molar-refractivity contribution < 1.29 is 4.74 Å². The molecular formula is C17H30IN7OS. The molecule has 0 amide bonds. The monoisotopic (exact) mass is 507 g/mol. The number of aryl methyl sites for hydroxylation is 2. The quantitative estimate of drug-likeness (QED) is 0.222. The predicted octanol–water partition coefficient (Wildman–Crippen LogP) is 2.42. The maximum absolute atomic E-state index is 5.38. The van der Waals surface area contributed by atoms with E-state index < -0.39 is 0 Å². The maximum Gasteiger partial charge on any atom is 0.192 e. The summed E-state index contributed by atoms with van der Waals surface area (Å²) in [5.74, 6) is 2.46. The number of hydrogen-bond acceptors (Lipinski definition) is 6. The minimum absolute atomic E-state index is 0. The first-order valence-corrected chi connectivity index (χ1v) is 9.84. The van der Waals surface area contributed by atoms with Crippen LogP contribution >= 0.6 is 35.3 Å². The number of nitrogens with zero attached hydrogens (tertiary/aromatic N) is 5. The van der Waals surface area contributed by atoms with Crippen LogP contribution < -0.4 is 10.6 Å². The normalized spacial score (nSPS) is 11.3. The van der Waals surface area contributed by atoms with Gasteiger partial charge in [0.2, 0.25) is 0 Å². The average Bonchev–Trinajstić information content (AvgIpc) is 3.24. The second kappa shape index (κ2) is 13.0. The minimum Gasteiger partial charge on any atom is -0.382 e. The summed E-state index contributed by atoms with van der Waals surface area (Å²) in [4.78, 5) is 10.4. The van der Waals surface area contributed by atoms with E-state index in [4.69, 9.17) is 4.74 Å². The third kappa shape index (κ3) is 8.09. The molecule has 0 bridgehead atoms. The van der Waals surface area contributed by atoms with Crippen molar-refractivity contribution >= 4 is 41.3 Å². The molecule has 8 nitrogen and oxygen atoms in total. The van der Waals surface area contributed by atoms with Crippen molar-refractivity contribution in [1.82, 2.24) is 30.4 Å². The average molecular weight is 507 g/mol. The molecular weight excluding hydrogens is 477 g/mol. The van der Waals surface area contributed by atoms with Crippen LogP contribution in [0.3, 0.4) is 0 Å². The molecule has 10 heteroatoms. The van der Waals surface area contributed by atoms with Gasteiger partial charge in [-0.25, -0.2) is 9.98 Å². The van der Waals surface area contributed by atoms with E-state index in [1.165, 1.54) is 4.88 Å². The summed E-state index contributed by atoms with van der Waals surface area (Å²) >= 11 is 1.73. The zero-order chi connectivity index (χ0) is 18.8. The number of rotatable bonds is 10. The molecule has 0 aliphatic heterocycles. The highest BCUT2D eigenvalue weighted by Gasteiger charge is 2.06. The largest absolute Gasteiger partial charge is 0.382 e. The van der Waals surface area contributed by atoms with E-state index in [0.29, 0.717) is 13.1 Å². The fourth-order valence-electron chi connectivity index (χ4n) is 2.19. The molecule has 152 valence electrons. The van der Waals surface area contributed by atoms with E-state index >= 15 is 0 Å². The first-order valence-electron chi connectivity index (χ1n) is 9.02. The van der Waals surface area contributed by atoms with E-state index in [2.05, 4.69) is 37.7 Å². The molecule has 0 aliphatic rings. The van der Waals surface area contributed by atoms with Gasteiger partial charge < -0.3 is 19.9 Å². The minimum atomic E-state index is 0. The van der Waals surface area contributed by atoms with Crippen LogP contribution in [0.4, 0.5) is 0 Å². The standard InChI is InChI=1S/C17H29N7OS.HI/c1-5-14-10-19-16(26-14)12-21-17(18-8-7-9-25-6-2)20-11-15-23-22-13(3)24(15)4;/h10H,5-9,11-12H2,1-4H3,(H2,18,20,21);1H. The number of thiazole rings is 1. The molecule has 0 saturated heterocycles. The van der Waals surface area contributed by atoms with Crippen molar-refractivity contribution in [2.75, 3.05) is 19.8 Å². The highest BCUT2D eigenvalue weighted by Crippen LogP contribution is 2.12. The van der Waals surface area contributed by atoms with Crippen LogP contribution in [0, 0.1) is 6.92 Å². The summed E-state index contributed by atoms with van der Waals surface area (Å²) in [6, 6.07) is 0. The second-order valence-corrected chi connectivity index (χ2v) is 6.99. The lowest BCUT2D eigenvalue weighted by molar-refractivity contribution is 0.145. The van der Waals surface area contributed by atoms with Crippen LogP contribution in [0.15, 0.2) is 11.2 Å². The summed E-state index contributed by atoms with van der Waals surface area (Å²) < 4.78 is 7.33. The molecule has 2 rings (SSSR count). The fraction of sp³-hybridized carbons (Fsp3) is 0.647. The summed E-state index contributed by atoms with van der Waals surface area (Å²) in [7, 11) is 1.95. The number of aromatic nitrogens is 4. The van der Waals surface area contributed by atoms with Crippen LogP contribution in [0.25, 0.3) is 0 Å². The molecule has 0 fully saturated rings. The number of guanidine groups is 1. The molecule has 0 aromatic carbocycles. The Morgan fingerprint density at radius 3 is 2.74 bits per heavy atom.